The molecule has 1 N–H and O–H groups in total. The molecule has 0 spiro atoms. The summed E-state index contributed by atoms with van der Waals surface area (Å²) in [7, 11) is 1.95. The molecule has 3 aromatic carbocycles. The van der Waals surface area contributed by atoms with E-state index in [0.29, 0.717) is 11.5 Å². The lowest BCUT2D eigenvalue weighted by Crippen LogP contribution is -2.11. The van der Waals surface area contributed by atoms with E-state index in [4.69, 9.17) is 9.84 Å². The fourth-order valence-corrected chi connectivity index (χ4v) is 2.92. The molecule has 1 heterocycles. The number of ether oxygens (including phenoxy) is 1. The number of carboxylic acids is 1. The number of nitrogens with zero attached hydrogens (tertiary/aromatic N) is 3. The Kier molecular flexibility index (Phi) is 4.60. The summed E-state index contributed by atoms with van der Waals surface area (Å²) < 4.78 is 5.79. The molecular formula is C22H17N3O3. The third-order valence-corrected chi connectivity index (χ3v) is 4.40. The number of aromatic nitrogens is 2. The molecule has 0 atom stereocenters. The second kappa shape index (κ2) is 7.36. The third-order valence-electron chi connectivity index (χ3n) is 4.40. The van der Waals surface area contributed by atoms with E-state index in [0.717, 1.165) is 22.4 Å². The van der Waals surface area contributed by atoms with Crippen molar-refractivity contribution in [2.45, 2.75) is 0 Å². The Bertz CT molecular complexity index is 1120. The molecule has 0 radical (unpaired) electrons. The van der Waals surface area contributed by atoms with Crippen LogP contribution in [0, 0.1) is 0 Å². The predicted octanol–water partition coefficient (Wildman–Crippen LogP) is 4.89. The second-order valence-electron chi connectivity index (χ2n) is 6.20. The van der Waals surface area contributed by atoms with Gasteiger partial charge in [-0.1, -0.05) is 12.1 Å². The number of carbonyl (C=O) groups is 1. The normalized spacial score (nSPS) is 10.6. The van der Waals surface area contributed by atoms with Crippen LogP contribution >= 0.6 is 0 Å². The monoisotopic (exact) mass is 371 g/mol. The molecule has 0 aliphatic rings. The minimum Gasteiger partial charge on any atom is -0.478 e. The number of carboxylic acid groups (broad SMARTS) is 1. The summed E-state index contributed by atoms with van der Waals surface area (Å²) in [5.41, 5.74) is 2.07. The minimum absolute atomic E-state index is 0.224. The van der Waals surface area contributed by atoms with Crippen LogP contribution in [-0.2, 0) is 0 Å². The molecule has 0 aliphatic carbocycles. The molecule has 0 saturated carbocycles. The van der Waals surface area contributed by atoms with Crippen molar-refractivity contribution in [3.63, 3.8) is 0 Å². The summed E-state index contributed by atoms with van der Waals surface area (Å²) in [6, 6.07) is 21.8. The van der Waals surface area contributed by atoms with Crippen molar-refractivity contribution in [2.75, 3.05) is 11.9 Å². The van der Waals surface area contributed by atoms with E-state index in [1.807, 2.05) is 60.5 Å². The zero-order valence-corrected chi connectivity index (χ0v) is 15.1. The molecule has 1 aromatic heterocycles. The minimum atomic E-state index is -0.962. The van der Waals surface area contributed by atoms with Crippen LogP contribution in [0.15, 0.2) is 79.1 Å². The largest absolute Gasteiger partial charge is 0.478 e. The van der Waals surface area contributed by atoms with Gasteiger partial charge in [0.05, 0.1) is 11.1 Å². The highest BCUT2D eigenvalue weighted by molar-refractivity contribution is 5.91. The quantitative estimate of drug-likeness (QED) is 0.538. The first-order valence-corrected chi connectivity index (χ1v) is 8.66. The molecule has 0 unspecified atom stereocenters. The summed E-state index contributed by atoms with van der Waals surface area (Å²) in [5.74, 6) is 1.10. The van der Waals surface area contributed by atoms with Gasteiger partial charge in [-0.25, -0.2) is 14.8 Å². The molecule has 0 amide bonds. The number of aromatic carboxylic acids is 1. The summed E-state index contributed by atoms with van der Waals surface area (Å²) in [4.78, 5) is 21.6. The summed E-state index contributed by atoms with van der Waals surface area (Å²) in [6.45, 7) is 0. The standard InChI is InChI=1S/C22H17N3O3/c1-25(21-19-4-2-3-5-20(19)23-14-24-21)16-8-12-18(13-9-16)28-17-10-6-15(7-11-17)22(26)27/h2-14H,1H3,(H,26,27). The van der Waals surface area contributed by atoms with Crippen LogP contribution in [0.4, 0.5) is 11.5 Å². The zero-order chi connectivity index (χ0) is 19.5. The SMILES string of the molecule is CN(c1ccc(Oc2ccc(C(=O)O)cc2)cc1)c1ncnc2ccccc12. The van der Waals surface area contributed by atoms with Gasteiger partial charge in [-0.15, -0.1) is 0 Å². The van der Waals surface area contributed by atoms with Crippen molar-refractivity contribution in [2.24, 2.45) is 0 Å². The van der Waals surface area contributed by atoms with Gasteiger partial charge in [-0.05, 0) is 60.7 Å². The Morgan fingerprint density at radius 1 is 0.893 bits per heavy atom. The van der Waals surface area contributed by atoms with Gasteiger partial charge < -0.3 is 14.7 Å². The van der Waals surface area contributed by atoms with Gasteiger partial charge in [0.2, 0.25) is 0 Å². The lowest BCUT2D eigenvalue weighted by Gasteiger charge is -2.20. The molecule has 0 aliphatic heterocycles. The lowest BCUT2D eigenvalue weighted by molar-refractivity contribution is 0.0697. The van der Waals surface area contributed by atoms with Crippen molar-refractivity contribution in [3.8, 4) is 11.5 Å². The highest BCUT2D eigenvalue weighted by atomic mass is 16.5. The lowest BCUT2D eigenvalue weighted by atomic mass is 10.2. The van der Waals surface area contributed by atoms with Crippen molar-refractivity contribution < 1.29 is 14.6 Å². The molecule has 0 fully saturated rings. The maximum atomic E-state index is 10.9. The number of para-hydroxylation sites is 1. The smallest absolute Gasteiger partial charge is 0.335 e. The molecule has 28 heavy (non-hydrogen) atoms. The van der Waals surface area contributed by atoms with Crippen molar-refractivity contribution in [1.82, 2.24) is 9.97 Å². The van der Waals surface area contributed by atoms with E-state index in [1.165, 1.54) is 12.1 Å². The number of rotatable bonds is 5. The van der Waals surface area contributed by atoms with Crippen molar-refractivity contribution in [3.05, 3.63) is 84.7 Å². The molecule has 4 aromatic rings. The Hall–Kier alpha value is -3.93. The molecule has 0 saturated heterocycles. The van der Waals surface area contributed by atoms with E-state index >= 15 is 0 Å². The molecule has 4 rings (SSSR count). The van der Waals surface area contributed by atoms with E-state index in [2.05, 4.69) is 9.97 Å². The van der Waals surface area contributed by atoms with Crippen molar-refractivity contribution >= 4 is 28.4 Å². The zero-order valence-electron chi connectivity index (χ0n) is 15.1. The van der Waals surface area contributed by atoms with Gasteiger partial charge in [0.25, 0.3) is 0 Å². The molecule has 6 nitrogen and oxygen atoms in total. The van der Waals surface area contributed by atoms with Gasteiger partial charge in [-0.2, -0.15) is 0 Å². The van der Waals surface area contributed by atoms with Gasteiger partial charge in [-0.3, -0.25) is 0 Å². The fraction of sp³-hybridized carbons (Fsp3) is 0.0455. The Morgan fingerprint density at radius 2 is 1.54 bits per heavy atom. The third kappa shape index (κ3) is 3.48. The van der Waals surface area contributed by atoms with E-state index in [9.17, 15) is 4.79 Å². The average molecular weight is 371 g/mol. The molecule has 138 valence electrons. The van der Waals surface area contributed by atoms with Gasteiger partial charge in [0, 0.05) is 18.1 Å². The van der Waals surface area contributed by atoms with Crippen LogP contribution in [0.2, 0.25) is 0 Å². The average Bonchev–Trinajstić information content (AvgIpc) is 2.74. The maximum absolute atomic E-state index is 10.9. The van der Waals surface area contributed by atoms with Crippen LogP contribution < -0.4 is 9.64 Å². The first-order chi connectivity index (χ1) is 13.6. The van der Waals surface area contributed by atoms with Crippen LogP contribution in [0.25, 0.3) is 10.9 Å². The molecule has 6 heteroatoms. The van der Waals surface area contributed by atoms with E-state index in [1.54, 1.807) is 18.5 Å². The number of hydrogen-bond acceptors (Lipinski definition) is 5. The number of fused-ring (bicyclic) bond motifs is 1. The first-order valence-electron chi connectivity index (χ1n) is 8.66. The highest BCUT2D eigenvalue weighted by Crippen LogP contribution is 2.30. The van der Waals surface area contributed by atoms with E-state index in [-0.39, 0.29) is 5.56 Å². The maximum Gasteiger partial charge on any atom is 0.335 e. The van der Waals surface area contributed by atoms with E-state index < -0.39 is 5.97 Å². The van der Waals surface area contributed by atoms with Crippen LogP contribution in [0.1, 0.15) is 10.4 Å². The summed E-state index contributed by atoms with van der Waals surface area (Å²) in [6.07, 6.45) is 1.56. The predicted molar refractivity (Wildman–Crippen MR) is 108 cm³/mol. The number of benzene rings is 3. The fourth-order valence-electron chi connectivity index (χ4n) is 2.92. The summed E-state index contributed by atoms with van der Waals surface area (Å²) >= 11 is 0. The van der Waals surface area contributed by atoms with Crippen LogP contribution in [0.5, 0.6) is 11.5 Å². The van der Waals surface area contributed by atoms with Gasteiger partial charge in [0.15, 0.2) is 0 Å². The second-order valence-corrected chi connectivity index (χ2v) is 6.20. The molecule has 0 bridgehead atoms. The Morgan fingerprint density at radius 3 is 2.21 bits per heavy atom. The highest BCUT2D eigenvalue weighted by Gasteiger charge is 2.10. The van der Waals surface area contributed by atoms with Crippen LogP contribution in [0.3, 0.4) is 0 Å². The van der Waals surface area contributed by atoms with Gasteiger partial charge in [0.1, 0.15) is 23.6 Å². The van der Waals surface area contributed by atoms with Crippen LogP contribution in [-0.4, -0.2) is 28.1 Å². The van der Waals surface area contributed by atoms with Crippen molar-refractivity contribution in [1.29, 1.82) is 0 Å². The first kappa shape index (κ1) is 17.5. The number of anilines is 2. The number of hydrogen-bond donors (Lipinski definition) is 1. The molecular weight excluding hydrogens is 354 g/mol. The van der Waals surface area contributed by atoms with Gasteiger partial charge >= 0.3 is 5.97 Å². The summed E-state index contributed by atoms with van der Waals surface area (Å²) in [5, 5.41) is 9.93. The Balaban J connectivity index is 1.54. The topological polar surface area (TPSA) is 75.5 Å². The Labute approximate surface area is 161 Å².